The lowest BCUT2D eigenvalue weighted by Crippen LogP contribution is -2.52. The van der Waals surface area contributed by atoms with Gasteiger partial charge in [0.2, 0.25) is 5.91 Å². The Bertz CT molecular complexity index is 1470. The van der Waals surface area contributed by atoms with Gasteiger partial charge in [0.25, 0.3) is 5.91 Å². The zero-order chi connectivity index (χ0) is 24.1. The fraction of sp³-hybridized carbons (Fsp3) is 0.214. The van der Waals surface area contributed by atoms with Gasteiger partial charge in [-0.15, -0.1) is 0 Å². The Kier molecular flexibility index (Phi) is 4.99. The molecular weight excluding hydrogens is 442 g/mol. The van der Waals surface area contributed by atoms with Gasteiger partial charge in [0.05, 0.1) is 20.3 Å². The molecule has 6 rings (SSSR count). The van der Waals surface area contributed by atoms with Crippen LogP contribution >= 0.6 is 0 Å². The number of aromatic amines is 1. The molecule has 3 heterocycles. The van der Waals surface area contributed by atoms with Crippen molar-refractivity contribution in [2.24, 2.45) is 0 Å². The molecule has 7 heteroatoms. The summed E-state index contributed by atoms with van der Waals surface area (Å²) in [5.41, 5.74) is 5.57. The van der Waals surface area contributed by atoms with Crippen LogP contribution in [0.25, 0.3) is 10.9 Å². The van der Waals surface area contributed by atoms with Crippen molar-refractivity contribution in [2.45, 2.75) is 25.0 Å². The maximum absolute atomic E-state index is 13.6. The minimum Gasteiger partial charge on any atom is -0.493 e. The summed E-state index contributed by atoms with van der Waals surface area (Å²) in [5.74, 6) is 0.943. The molecule has 0 saturated carbocycles. The van der Waals surface area contributed by atoms with Crippen molar-refractivity contribution in [1.82, 2.24) is 15.2 Å². The number of aromatic nitrogens is 1. The summed E-state index contributed by atoms with van der Waals surface area (Å²) in [7, 11) is 3.17. The number of hydrogen-bond donors (Lipinski definition) is 2. The van der Waals surface area contributed by atoms with Crippen molar-refractivity contribution in [1.29, 1.82) is 0 Å². The predicted octanol–water partition coefficient (Wildman–Crippen LogP) is 3.97. The molecule has 0 saturated heterocycles. The number of carbonyl (C=O) groups excluding carboxylic acids is 2. The van der Waals surface area contributed by atoms with Gasteiger partial charge >= 0.3 is 0 Å². The van der Waals surface area contributed by atoms with Crippen LogP contribution in [0.3, 0.4) is 0 Å². The average Bonchev–Trinajstić information content (AvgIpc) is 3.42. The maximum atomic E-state index is 13.6. The number of benzene rings is 3. The largest absolute Gasteiger partial charge is 0.493 e. The average molecular weight is 468 g/mol. The smallest absolute Gasteiger partial charge is 0.255 e. The molecule has 0 fully saturated rings. The van der Waals surface area contributed by atoms with Crippen LogP contribution in [-0.2, 0) is 17.8 Å². The van der Waals surface area contributed by atoms with E-state index in [4.69, 9.17) is 9.47 Å². The van der Waals surface area contributed by atoms with Crippen molar-refractivity contribution in [3.63, 3.8) is 0 Å². The first-order chi connectivity index (χ1) is 17.1. The number of ether oxygens (including phenoxy) is 2. The van der Waals surface area contributed by atoms with Crippen LogP contribution in [0.15, 0.2) is 66.7 Å². The molecule has 35 heavy (non-hydrogen) atoms. The molecule has 3 aromatic carbocycles. The Morgan fingerprint density at radius 2 is 1.80 bits per heavy atom. The first-order valence-corrected chi connectivity index (χ1v) is 11.6. The van der Waals surface area contributed by atoms with Crippen LogP contribution in [0.2, 0.25) is 0 Å². The third-order valence-electron chi connectivity index (χ3n) is 7.07. The minimum atomic E-state index is -0.619. The van der Waals surface area contributed by atoms with Gasteiger partial charge in [0.15, 0.2) is 11.5 Å². The molecule has 4 aromatic rings. The van der Waals surface area contributed by atoms with Crippen LogP contribution in [-0.4, -0.2) is 42.0 Å². The second-order valence-electron chi connectivity index (χ2n) is 8.89. The van der Waals surface area contributed by atoms with Crippen LogP contribution in [0.4, 0.5) is 0 Å². The molecule has 2 aliphatic heterocycles. The first kappa shape index (κ1) is 21.3. The molecule has 2 aliphatic rings. The van der Waals surface area contributed by atoms with Gasteiger partial charge in [-0.3, -0.25) is 9.59 Å². The van der Waals surface area contributed by atoms with E-state index in [1.54, 1.807) is 19.1 Å². The van der Waals surface area contributed by atoms with E-state index in [2.05, 4.69) is 16.4 Å². The van der Waals surface area contributed by atoms with E-state index in [0.717, 1.165) is 33.3 Å². The van der Waals surface area contributed by atoms with Crippen LogP contribution < -0.4 is 14.8 Å². The zero-order valence-corrected chi connectivity index (χ0v) is 19.5. The van der Waals surface area contributed by atoms with E-state index < -0.39 is 6.04 Å². The van der Waals surface area contributed by atoms with Crippen molar-refractivity contribution >= 4 is 22.7 Å². The highest BCUT2D eigenvalue weighted by atomic mass is 16.5. The summed E-state index contributed by atoms with van der Waals surface area (Å²) in [4.78, 5) is 32.4. The summed E-state index contributed by atoms with van der Waals surface area (Å²) in [6.07, 6.45) is 0.452. The molecule has 2 amide bonds. The highest BCUT2D eigenvalue weighted by molar-refractivity contribution is 6.03. The van der Waals surface area contributed by atoms with Crippen LogP contribution in [0, 0.1) is 0 Å². The molecular formula is C28H25N3O4. The lowest BCUT2D eigenvalue weighted by Gasteiger charge is -2.37. The van der Waals surface area contributed by atoms with E-state index in [0.29, 0.717) is 30.0 Å². The summed E-state index contributed by atoms with van der Waals surface area (Å²) in [6, 6.07) is 20.4. The standard InChI is InChI=1S/C28H25N3O4/c1-34-23-12-11-16(13-24(23)35-2)15-29-27(32)22-14-20-17-7-5-6-10-21(17)30-25(20)26-18-8-3-4-9-19(18)28(33)31(22)26/h3-13,22,26,30H,14-15H2,1-2H3,(H,29,32)/t22-,26+/m0/s1. The van der Waals surface area contributed by atoms with E-state index in [-0.39, 0.29) is 17.9 Å². The number of fused-ring (bicyclic) bond motifs is 7. The number of rotatable bonds is 5. The monoisotopic (exact) mass is 467 g/mol. The molecule has 0 aliphatic carbocycles. The SMILES string of the molecule is COc1ccc(CNC(=O)[C@@H]2Cc3c([nH]c4ccccc34)[C@H]3c4ccccc4C(=O)N32)cc1OC. The number of nitrogens with one attached hydrogen (secondary N) is 2. The first-order valence-electron chi connectivity index (χ1n) is 11.6. The molecule has 0 spiro atoms. The summed E-state index contributed by atoms with van der Waals surface area (Å²) < 4.78 is 10.7. The number of carbonyl (C=O) groups is 2. The van der Waals surface area contributed by atoms with Gasteiger partial charge in [-0.25, -0.2) is 0 Å². The summed E-state index contributed by atoms with van der Waals surface area (Å²) in [5, 5.41) is 4.14. The zero-order valence-electron chi connectivity index (χ0n) is 19.5. The Morgan fingerprint density at radius 3 is 2.63 bits per heavy atom. The Morgan fingerprint density at radius 1 is 1.03 bits per heavy atom. The molecule has 0 radical (unpaired) electrons. The van der Waals surface area contributed by atoms with Gasteiger partial charge in [-0.05, 0) is 41.0 Å². The number of para-hydroxylation sites is 1. The highest BCUT2D eigenvalue weighted by Gasteiger charge is 2.48. The predicted molar refractivity (Wildman–Crippen MR) is 132 cm³/mol. The third-order valence-corrected chi connectivity index (χ3v) is 7.07. The van der Waals surface area contributed by atoms with Crippen LogP contribution in [0.5, 0.6) is 11.5 Å². The number of nitrogens with zero attached hydrogens (tertiary/aromatic N) is 1. The van der Waals surface area contributed by atoms with E-state index >= 15 is 0 Å². The van der Waals surface area contributed by atoms with Gasteiger partial charge < -0.3 is 24.7 Å². The van der Waals surface area contributed by atoms with Crippen molar-refractivity contribution < 1.29 is 19.1 Å². The summed E-state index contributed by atoms with van der Waals surface area (Å²) >= 11 is 0. The van der Waals surface area contributed by atoms with Crippen molar-refractivity contribution in [3.05, 3.63) is 94.7 Å². The molecule has 1 aromatic heterocycles. The van der Waals surface area contributed by atoms with E-state index in [1.165, 1.54) is 0 Å². The fourth-order valence-corrected chi connectivity index (χ4v) is 5.43. The highest BCUT2D eigenvalue weighted by Crippen LogP contribution is 2.46. The topological polar surface area (TPSA) is 83.7 Å². The van der Waals surface area contributed by atoms with E-state index in [1.807, 2.05) is 60.7 Å². The molecule has 2 atom stereocenters. The molecule has 0 bridgehead atoms. The molecule has 0 unspecified atom stereocenters. The van der Waals surface area contributed by atoms with Gasteiger partial charge in [-0.2, -0.15) is 0 Å². The lowest BCUT2D eigenvalue weighted by atomic mass is 9.90. The molecule has 2 N–H and O–H groups in total. The Labute approximate surface area is 202 Å². The summed E-state index contributed by atoms with van der Waals surface area (Å²) in [6.45, 7) is 0.316. The van der Waals surface area contributed by atoms with Crippen molar-refractivity contribution in [3.8, 4) is 11.5 Å². The fourth-order valence-electron chi connectivity index (χ4n) is 5.43. The maximum Gasteiger partial charge on any atom is 0.255 e. The second kappa shape index (κ2) is 8.20. The Hall–Kier alpha value is -4.26. The molecule has 176 valence electrons. The van der Waals surface area contributed by atoms with Crippen molar-refractivity contribution in [2.75, 3.05) is 14.2 Å². The quantitative estimate of drug-likeness (QED) is 0.465. The van der Waals surface area contributed by atoms with Gasteiger partial charge in [0.1, 0.15) is 6.04 Å². The number of H-pyrrole nitrogens is 1. The Balaban J connectivity index is 1.36. The van der Waals surface area contributed by atoms with Gasteiger partial charge in [0, 0.05) is 35.1 Å². The number of amides is 2. The molecule has 7 nitrogen and oxygen atoms in total. The van der Waals surface area contributed by atoms with E-state index in [9.17, 15) is 9.59 Å². The second-order valence-corrected chi connectivity index (χ2v) is 8.89. The third kappa shape index (κ3) is 3.26. The number of methoxy groups -OCH3 is 2. The van der Waals surface area contributed by atoms with Gasteiger partial charge in [-0.1, -0.05) is 42.5 Å². The lowest BCUT2D eigenvalue weighted by molar-refractivity contribution is -0.126. The number of hydrogen-bond acceptors (Lipinski definition) is 4. The normalized spacial score (nSPS) is 18.1. The minimum absolute atomic E-state index is 0.110. The van der Waals surface area contributed by atoms with Crippen LogP contribution in [0.1, 0.15) is 38.8 Å².